The summed E-state index contributed by atoms with van der Waals surface area (Å²) >= 11 is 7.38. The van der Waals surface area contributed by atoms with Gasteiger partial charge in [0.1, 0.15) is 20.4 Å². The lowest BCUT2D eigenvalue weighted by molar-refractivity contribution is 0.0605. The molecule has 3 heterocycles. The van der Waals surface area contributed by atoms with Gasteiger partial charge in [0.15, 0.2) is 5.13 Å². The van der Waals surface area contributed by atoms with Crippen LogP contribution in [0.5, 0.6) is 0 Å². The Morgan fingerprint density at radius 3 is 2.71 bits per heavy atom. The fraction of sp³-hybridized carbons (Fsp3) is 0.526. The van der Waals surface area contributed by atoms with Crippen LogP contribution < -0.4 is 10.2 Å². The third-order valence-electron chi connectivity index (χ3n) is 5.29. The number of nitrogens with zero attached hydrogens (tertiary/aromatic N) is 2. The van der Waals surface area contributed by atoms with Gasteiger partial charge in [0, 0.05) is 37.0 Å². The predicted octanol–water partition coefficient (Wildman–Crippen LogP) is 2.20. The highest BCUT2D eigenvalue weighted by Crippen LogP contribution is 2.29. The first-order valence-corrected chi connectivity index (χ1v) is 12.9. The van der Waals surface area contributed by atoms with Gasteiger partial charge in [0.05, 0.1) is 24.1 Å². The number of anilines is 1. The van der Waals surface area contributed by atoms with E-state index in [0.29, 0.717) is 51.5 Å². The Morgan fingerprint density at radius 2 is 2.13 bits per heavy atom. The smallest absolute Gasteiger partial charge is 0.349 e. The molecule has 170 valence electrons. The lowest BCUT2D eigenvalue weighted by Gasteiger charge is -2.38. The number of H-pyrrole nitrogens is 1. The number of ether oxygens (including phenoxy) is 1. The largest absolute Gasteiger partial charge is 0.465 e. The van der Waals surface area contributed by atoms with E-state index in [-0.39, 0.29) is 23.6 Å². The molecule has 2 aromatic rings. The highest BCUT2D eigenvalue weighted by Gasteiger charge is 2.34. The van der Waals surface area contributed by atoms with E-state index in [1.165, 1.54) is 30.9 Å². The van der Waals surface area contributed by atoms with E-state index < -0.39 is 15.8 Å². The number of carbonyl (C=O) groups is 2. The van der Waals surface area contributed by atoms with Crippen molar-refractivity contribution in [2.24, 2.45) is 5.92 Å². The molecule has 1 saturated heterocycles. The third-order valence-corrected chi connectivity index (χ3v) is 7.93. The van der Waals surface area contributed by atoms with Crippen molar-refractivity contribution < 1.29 is 22.7 Å². The van der Waals surface area contributed by atoms with Gasteiger partial charge in [-0.05, 0) is 25.8 Å². The summed E-state index contributed by atoms with van der Waals surface area (Å²) in [6.45, 7) is 4.49. The maximum Gasteiger partial charge on any atom is 0.349 e. The van der Waals surface area contributed by atoms with Crippen molar-refractivity contribution in [3.63, 3.8) is 0 Å². The molecule has 1 amide bonds. The molecule has 2 aromatic heterocycles. The monoisotopic (exact) mass is 488 g/mol. The average Bonchev–Trinajstić information content (AvgIpc) is 3.29. The molecule has 2 atom stereocenters. The molecule has 12 heteroatoms. The van der Waals surface area contributed by atoms with Crippen LogP contribution in [0.4, 0.5) is 5.13 Å². The summed E-state index contributed by atoms with van der Waals surface area (Å²) in [5.41, 5.74) is 1.74. The van der Waals surface area contributed by atoms with E-state index in [1.807, 2.05) is 4.90 Å². The number of aromatic nitrogens is 2. The van der Waals surface area contributed by atoms with Crippen molar-refractivity contribution >= 4 is 49.8 Å². The average molecular weight is 489 g/mol. The number of thiazole rings is 1. The number of esters is 1. The van der Waals surface area contributed by atoms with Crippen molar-refractivity contribution in [1.29, 1.82) is 0 Å². The number of sulfone groups is 1. The molecule has 2 unspecified atom stereocenters. The maximum absolute atomic E-state index is 12.8. The van der Waals surface area contributed by atoms with Gasteiger partial charge in [0.2, 0.25) is 0 Å². The number of halogens is 1. The van der Waals surface area contributed by atoms with Crippen molar-refractivity contribution in [2.75, 3.05) is 37.1 Å². The number of amides is 1. The Kier molecular flexibility index (Phi) is 6.97. The normalized spacial score (nSPS) is 19.3. The molecule has 9 nitrogen and oxygen atoms in total. The lowest BCUT2D eigenvalue weighted by atomic mass is 9.93. The maximum atomic E-state index is 12.8. The summed E-state index contributed by atoms with van der Waals surface area (Å²) in [7, 11) is -1.98. The van der Waals surface area contributed by atoms with Crippen LogP contribution in [0.1, 0.15) is 37.8 Å². The summed E-state index contributed by atoms with van der Waals surface area (Å²) in [6, 6.07) is -0.333. The van der Waals surface area contributed by atoms with Crippen LogP contribution in [-0.2, 0) is 14.6 Å². The van der Waals surface area contributed by atoms with Crippen LogP contribution in [0.2, 0.25) is 5.02 Å². The number of hydrogen-bond donors (Lipinski definition) is 2. The second-order valence-corrected chi connectivity index (χ2v) is 11.3. The minimum atomic E-state index is -3.28. The molecule has 1 fully saturated rings. The molecule has 0 bridgehead atoms. The zero-order valence-corrected chi connectivity index (χ0v) is 20.1. The number of piperidine rings is 1. The lowest BCUT2D eigenvalue weighted by Crippen LogP contribution is -2.53. The van der Waals surface area contributed by atoms with Crippen LogP contribution in [0.15, 0.2) is 6.20 Å². The number of nitrogens with one attached hydrogen (secondary N) is 2. The van der Waals surface area contributed by atoms with Crippen LogP contribution >= 0.6 is 22.9 Å². The third kappa shape index (κ3) is 5.39. The number of rotatable bonds is 6. The first kappa shape index (κ1) is 23.6. The van der Waals surface area contributed by atoms with Gasteiger partial charge in [-0.2, -0.15) is 0 Å². The summed E-state index contributed by atoms with van der Waals surface area (Å²) in [4.78, 5) is 34.2. The van der Waals surface area contributed by atoms with Gasteiger partial charge in [-0.1, -0.05) is 22.9 Å². The highest BCUT2D eigenvalue weighted by atomic mass is 35.5. The number of methoxy groups -OCH3 is 1. The number of carbonyl (C=O) groups excluding carboxylic acids is 2. The summed E-state index contributed by atoms with van der Waals surface area (Å²) in [5.74, 6) is -1.20. The molecule has 0 aromatic carbocycles. The van der Waals surface area contributed by atoms with Crippen molar-refractivity contribution in [2.45, 2.75) is 26.3 Å². The first-order valence-electron chi connectivity index (χ1n) is 9.62. The second kappa shape index (κ2) is 9.17. The molecule has 0 aliphatic carbocycles. The zero-order valence-electron chi connectivity index (χ0n) is 17.7. The van der Waals surface area contributed by atoms with Crippen LogP contribution in [0.3, 0.4) is 0 Å². The van der Waals surface area contributed by atoms with Crippen LogP contribution in [0, 0.1) is 19.8 Å². The highest BCUT2D eigenvalue weighted by molar-refractivity contribution is 7.90. The van der Waals surface area contributed by atoms with Gasteiger partial charge in [-0.3, -0.25) is 4.79 Å². The van der Waals surface area contributed by atoms with Gasteiger partial charge < -0.3 is 19.9 Å². The van der Waals surface area contributed by atoms with Gasteiger partial charge >= 0.3 is 5.97 Å². The van der Waals surface area contributed by atoms with Gasteiger partial charge in [0.25, 0.3) is 5.91 Å². The second-order valence-electron chi connectivity index (χ2n) is 7.73. The Hall–Kier alpha value is -2.11. The number of aryl methyl sites for hydroxylation is 1. The molecule has 0 saturated carbocycles. The topological polar surface area (TPSA) is 121 Å². The van der Waals surface area contributed by atoms with Crippen LogP contribution in [0.25, 0.3) is 0 Å². The van der Waals surface area contributed by atoms with Crippen molar-refractivity contribution in [3.05, 3.63) is 33.0 Å². The summed E-state index contributed by atoms with van der Waals surface area (Å²) in [5, 5.41) is 4.11. The van der Waals surface area contributed by atoms with E-state index >= 15 is 0 Å². The minimum absolute atomic E-state index is 0.0762. The molecule has 31 heavy (non-hydrogen) atoms. The van der Waals surface area contributed by atoms with Gasteiger partial charge in [-0.25, -0.2) is 18.2 Å². The Morgan fingerprint density at radius 1 is 1.42 bits per heavy atom. The Labute approximate surface area is 190 Å². The van der Waals surface area contributed by atoms with E-state index in [1.54, 1.807) is 13.8 Å². The first-order chi connectivity index (χ1) is 14.5. The van der Waals surface area contributed by atoms with Crippen molar-refractivity contribution in [1.82, 2.24) is 15.3 Å². The predicted molar refractivity (Wildman–Crippen MR) is 120 cm³/mol. The molecule has 2 N–H and O–H groups in total. The zero-order chi connectivity index (χ0) is 22.9. The quantitative estimate of drug-likeness (QED) is 0.597. The van der Waals surface area contributed by atoms with Gasteiger partial charge in [-0.15, -0.1) is 0 Å². The molecular weight excluding hydrogens is 464 g/mol. The Balaban J connectivity index is 1.78. The number of aromatic amines is 1. The van der Waals surface area contributed by atoms with E-state index in [4.69, 9.17) is 16.3 Å². The molecule has 0 spiro atoms. The Bertz CT molecular complexity index is 1090. The SMILES string of the molecule is COC(=O)c1cnc(N2CCC(NC(=O)c3[nH]c(C)c(Cl)c3C)C(CS(C)(=O)=O)C2)s1. The number of hydrogen-bond acceptors (Lipinski definition) is 8. The van der Waals surface area contributed by atoms with E-state index in [2.05, 4.69) is 15.3 Å². The summed E-state index contributed by atoms with van der Waals surface area (Å²) in [6.07, 6.45) is 3.17. The van der Waals surface area contributed by atoms with E-state index in [0.717, 1.165) is 0 Å². The summed E-state index contributed by atoms with van der Waals surface area (Å²) < 4.78 is 28.8. The molecular formula is C19H25ClN4O5S2. The molecule has 3 rings (SSSR count). The fourth-order valence-electron chi connectivity index (χ4n) is 3.75. The molecule has 1 aliphatic rings. The fourth-order valence-corrected chi connectivity index (χ4v) is 5.88. The van der Waals surface area contributed by atoms with E-state index in [9.17, 15) is 18.0 Å². The standard InChI is InChI=1S/C19H25ClN4O5S2/c1-10-15(20)11(2)22-16(10)17(25)23-13-5-6-24(8-12(13)9-31(4,27)28)19-21-7-14(30-19)18(26)29-3/h7,12-13,22H,5-6,8-9H2,1-4H3,(H,23,25). The molecule has 1 aliphatic heterocycles. The van der Waals surface area contributed by atoms with Crippen LogP contribution in [-0.4, -0.2) is 68.5 Å². The minimum Gasteiger partial charge on any atom is -0.465 e. The van der Waals surface area contributed by atoms with Crippen molar-refractivity contribution in [3.8, 4) is 0 Å². The molecule has 0 radical (unpaired) electrons.